The molecular weight excluding hydrogens is 430 g/mol. The second kappa shape index (κ2) is 14.6. The van der Waals surface area contributed by atoms with Crippen LogP contribution >= 0.6 is 12.6 Å². The van der Waals surface area contributed by atoms with Crippen molar-refractivity contribution in [3.8, 4) is 0 Å². The van der Waals surface area contributed by atoms with Crippen LogP contribution in [0, 0.1) is 5.92 Å². The molecule has 31 heavy (non-hydrogen) atoms. The molecule has 0 aliphatic heterocycles. The number of carboxylic acids is 2. The van der Waals surface area contributed by atoms with Crippen molar-refractivity contribution in [2.75, 3.05) is 12.3 Å². The van der Waals surface area contributed by atoms with E-state index in [1.165, 1.54) is 0 Å². The first-order chi connectivity index (χ1) is 14.4. The lowest BCUT2D eigenvalue weighted by atomic mass is 10.0. The first-order valence-electron chi connectivity index (χ1n) is 9.86. The Morgan fingerprint density at radius 3 is 1.90 bits per heavy atom. The van der Waals surface area contributed by atoms with Gasteiger partial charge in [0.1, 0.15) is 18.1 Å². The molecular formula is C18H33N5O7S. The number of nitrogens with two attached hydrogens (primary N) is 2. The van der Waals surface area contributed by atoms with Gasteiger partial charge in [-0.15, -0.1) is 0 Å². The second-order valence-electron chi connectivity index (χ2n) is 7.36. The van der Waals surface area contributed by atoms with Crippen LogP contribution < -0.4 is 27.4 Å². The molecule has 0 aromatic rings. The predicted molar refractivity (Wildman–Crippen MR) is 115 cm³/mol. The van der Waals surface area contributed by atoms with Crippen molar-refractivity contribution in [1.82, 2.24) is 16.0 Å². The molecule has 4 atom stereocenters. The van der Waals surface area contributed by atoms with E-state index in [9.17, 15) is 29.1 Å². The maximum absolute atomic E-state index is 12.7. The van der Waals surface area contributed by atoms with Gasteiger partial charge in [-0.3, -0.25) is 19.2 Å². The van der Waals surface area contributed by atoms with Crippen LogP contribution in [0.25, 0.3) is 0 Å². The highest BCUT2D eigenvalue weighted by Crippen LogP contribution is 2.07. The number of thiol groups is 1. The lowest BCUT2D eigenvalue weighted by Gasteiger charge is -2.25. The molecule has 0 aromatic heterocycles. The highest BCUT2D eigenvalue weighted by molar-refractivity contribution is 7.80. The van der Waals surface area contributed by atoms with E-state index < -0.39 is 66.2 Å². The molecule has 0 rings (SSSR count). The summed E-state index contributed by atoms with van der Waals surface area (Å²) in [7, 11) is 0. The van der Waals surface area contributed by atoms with Gasteiger partial charge in [0, 0.05) is 5.75 Å². The quantitative estimate of drug-likeness (QED) is 0.0998. The van der Waals surface area contributed by atoms with Crippen LogP contribution in [0.2, 0.25) is 0 Å². The molecule has 178 valence electrons. The van der Waals surface area contributed by atoms with Crippen LogP contribution in [0.1, 0.15) is 39.5 Å². The smallest absolute Gasteiger partial charge is 0.326 e. The highest BCUT2D eigenvalue weighted by atomic mass is 32.1. The van der Waals surface area contributed by atoms with Gasteiger partial charge in [0.15, 0.2) is 0 Å². The summed E-state index contributed by atoms with van der Waals surface area (Å²) < 4.78 is 0. The minimum atomic E-state index is -1.49. The van der Waals surface area contributed by atoms with Crippen molar-refractivity contribution >= 4 is 42.3 Å². The van der Waals surface area contributed by atoms with E-state index in [4.69, 9.17) is 16.6 Å². The highest BCUT2D eigenvalue weighted by Gasteiger charge is 2.31. The number of hydrogen-bond donors (Lipinski definition) is 8. The van der Waals surface area contributed by atoms with E-state index in [0.29, 0.717) is 19.4 Å². The number of amides is 3. The van der Waals surface area contributed by atoms with Crippen molar-refractivity contribution in [1.29, 1.82) is 0 Å². The van der Waals surface area contributed by atoms with Gasteiger partial charge in [-0.1, -0.05) is 13.8 Å². The van der Waals surface area contributed by atoms with E-state index in [0.717, 1.165) is 0 Å². The number of hydrogen-bond acceptors (Lipinski definition) is 8. The minimum absolute atomic E-state index is 0.0247. The Morgan fingerprint density at radius 1 is 0.903 bits per heavy atom. The lowest BCUT2D eigenvalue weighted by Crippen LogP contribution is -2.58. The van der Waals surface area contributed by atoms with Gasteiger partial charge in [-0.25, -0.2) is 4.79 Å². The fourth-order valence-electron chi connectivity index (χ4n) is 2.55. The number of rotatable bonds is 15. The third-order valence-corrected chi connectivity index (χ3v) is 4.75. The summed E-state index contributed by atoms with van der Waals surface area (Å²) >= 11 is 3.88. The molecule has 0 bridgehead atoms. The summed E-state index contributed by atoms with van der Waals surface area (Å²) in [4.78, 5) is 59.8. The summed E-state index contributed by atoms with van der Waals surface area (Å²) in [5, 5.41) is 25.4. The molecule has 0 saturated heterocycles. The Kier molecular flexibility index (Phi) is 13.5. The van der Waals surface area contributed by atoms with Crippen LogP contribution in [0.3, 0.4) is 0 Å². The monoisotopic (exact) mass is 463 g/mol. The van der Waals surface area contributed by atoms with Crippen molar-refractivity contribution in [2.24, 2.45) is 17.4 Å². The van der Waals surface area contributed by atoms with Crippen LogP contribution in [0.15, 0.2) is 0 Å². The van der Waals surface area contributed by atoms with E-state index >= 15 is 0 Å². The molecule has 12 nitrogen and oxygen atoms in total. The maximum Gasteiger partial charge on any atom is 0.326 e. The average Bonchev–Trinajstić information content (AvgIpc) is 2.68. The minimum Gasteiger partial charge on any atom is -0.481 e. The largest absolute Gasteiger partial charge is 0.481 e. The zero-order valence-corrected chi connectivity index (χ0v) is 18.6. The molecule has 0 radical (unpaired) electrons. The zero-order valence-electron chi connectivity index (χ0n) is 17.7. The lowest BCUT2D eigenvalue weighted by molar-refractivity contribution is -0.144. The Hall–Kier alpha value is -2.38. The van der Waals surface area contributed by atoms with Crippen LogP contribution in [0.4, 0.5) is 0 Å². The van der Waals surface area contributed by atoms with E-state index in [-0.39, 0.29) is 12.2 Å². The van der Waals surface area contributed by atoms with Crippen LogP contribution in [-0.2, 0) is 24.0 Å². The van der Waals surface area contributed by atoms with Crippen molar-refractivity contribution in [2.45, 2.75) is 63.7 Å². The molecule has 0 saturated carbocycles. The molecule has 9 N–H and O–H groups in total. The second-order valence-corrected chi connectivity index (χ2v) is 7.73. The Balaban J connectivity index is 5.47. The number of nitrogens with one attached hydrogen (secondary N) is 3. The Morgan fingerprint density at radius 2 is 1.45 bits per heavy atom. The van der Waals surface area contributed by atoms with Gasteiger partial charge in [0.2, 0.25) is 17.7 Å². The van der Waals surface area contributed by atoms with Gasteiger partial charge in [-0.2, -0.15) is 12.6 Å². The SMILES string of the molecule is CC(C)C(NC(=O)C(CCCCN)NC(=O)C(CC(=O)O)NC(=O)C(N)CS)C(=O)O. The molecule has 0 heterocycles. The normalized spacial score (nSPS) is 14.8. The van der Waals surface area contributed by atoms with Gasteiger partial charge in [0.25, 0.3) is 0 Å². The summed E-state index contributed by atoms with van der Waals surface area (Å²) in [5.74, 6) is -5.44. The summed E-state index contributed by atoms with van der Waals surface area (Å²) in [6.45, 7) is 3.58. The molecule has 4 unspecified atom stereocenters. The van der Waals surface area contributed by atoms with Crippen molar-refractivity contribution in [3.63, 3.8) is 0 Å². The molecule has 0 aromatic carbocycles. The third kappa shape index (κ3) is 11.0. The zero-order chi connectivity index (χ0) is 24.1. The Bertz CT molecular complexity index is 647. The molecule has 13 heteroatoms. The molecule has 3 amide bonds. The van der Waals surface area contributed by atoms with E-state index in [1.807, 2.05) is 0 Å². The maximum atomic E-state index is 12.7. The number of carbonyl (C=O) groups is 5. The number of aliphatic carboxylic acids is 2. The number of carbonyl (C=O) groups excluding carboxylic acids is 3. The first-order valence-corrected chi connectivity index (χ1v) is 10.5. The third-order valence-electron chi connectivity index (χ3n) is 4.36. The number of unbranched alkanes of at least 4 members (excludes halogenated alkanes) is 1. The first kappa shape index (κ1) is 28.6. The molecule has 0 aliphatic rings. The number of carboxylic acid groups (broad SMARTS) is 2. The molecule has 0 fully saturated rings. The topological polar surface area (TPSA) is 214 Å². The van der Waals surface area contributed by atoms with Gasteiger partial charge >= 0.3 is 11.9 Å². The molecule has 0 aliphatic carbocycles. The van der Waals surface area contributed by atoms with Gasteiger partial charge in [0.05, 0.1) is 12.5 Å². The van der Waals surface area contributed by atoms with Crippen molar-refractivity contribution in [3.05, 3.63) is 0 Å². The predicted octanol–water partition coefficient (Wildman–Crippen LogP) is -1.96. The standard InChI is InChI=1S/C18H33N5O7S/c1-9(2)14(18(29)30)23-16(27)11(5-3-4-6-19)21-17(28)12(7-13(24)25)22-15(26)10(20)8-31/h9-12,14,31H,3-8,19-20H2,1-2H3,(H,21,28)(H,22,26)(H,23,27)(H,24,25)(H,29,30). The van der Waals surface area contributed by atoms with Gasteiger partial charge < -0.3 is 37.6 Å². The van der Waals surface area contributed by atoms with Crippen LogP contribution in [0.5, 0.6) is 0 Å². The van der Waals surface area contributed by atoms with E-state index in [1.54, 1.807) is 13.8 Å². The Labute approximate surface area is 186 Å². The van der Waals surface area contributed by atoms with E-state index in [2.05, 4.69) is 28.6 Å². The fourth-order valence-corrected chi connectivity index (χ4v) is 2.71. The summed E-state index contributed by atoms with van der Waals surface area (Å²) in [5.41, 5.74) is 11.0. The average molecular weight is 464 g/mol. The summed E-state index contributed by atoms with van der Waals surface area (Å²) in [6.07, 6.45) is 0.411. The van der Waals surface area contributed by atoms with Crippen molar-refractivity contribution < 1.29 is 34.2 Å². The van der Waals surface area contributed by atoms with Crippen LogP contribution in [-0.4, -0.2) is 76.3 Å². The fraction of sp³-hybridized carbons (Fsp3) is 0.722. The van der Waals surface area contributed by atoms with Gasteiger partial charge in [-0.05, 0) is 31.7 Å². The molecule has 0 spiro atoms. The summed E-state index contributed by atoms with van der Waals surface area (Å²) in [6, 6.07) is -4.87.